The highest BCUT2D eigenvalue weighted by atomic mass is 19.1. The van der Waals surface area contributed by atoms with E-state index in [4.69, 9.17) is 4.74 Å². The maximum absolute atomic E-state index is 15.2. The summed E-state index contributed by atoms with van der Waals surface area (Å²) < 4.78 is 21.9. The summed E-state index contributed by atoms with van der Waals surface area (Å²) in [5.41, 5.74) is 2.91. The number of unbranched alkanes of at least 4 members (excludes halogenated alkanes) is 3. The van der Waals surface area contributed by atoms with Crippen LogP contribution in [0.1, 0.15) is 110 Å². The summed E-state index contributed by atoms with van der Waals surface area (Å²) in [6.07, 6.45) is 17.7. The van der Waals surface area contributed by atoms with Gasteiger partial charge in [-0.3, -0.25) is 0 Å². The van der Waals surface area contributed by atoms with E-state index in [-0.39, 0.29) is 11.9 Å². The highest BCUT2D eigenvalue weighted by molar-refractivity contribution is 5.65. The second-order valence-corrected chi connectivity index (χ2v) is 10.5. The van der Waals surface area contributed by atoms with Crippen molar-refractivity contribution in [3.63, 3.8) is 0 Å². The number of aryl methyl sites for hydroxylation is 1. The molecule has 1 aliphatic carbocycles. The summed E-state index contributed by atoms with van der Waals surface area (Å²) in [7, 11) is 0. The second-order valence-electron chi connectivity index (χ2n) is 10.5. The first-order valence-corrected chi connectivity index (χ1v) is 14.2. The van der Waals surface area contributed by atoms with Crippen molar-refractivity contribution in [3.05, 3.63) is 53.8 Å². The van der Waals surface area contributed by atoms with E-state index in [1.807, 2.05) is 24.3 Å². The summed E-state index contributed by atoms with van der Waals surface area (Å²) >= 11 is 0. The molecule has 0 saturated heterocycles. The molecule has 2 heteroatoms. The third-order valence-electron chi connectivity index (χ3n) is 7.68. The molecule has 0 bridgehead atoms. The van der Waals surface area contributed by atoms with Crippen LogP contribution in [0.15, 0.2) is 42.5 Å². The standard InChI is InChI=1S/C32H47FO/c1-4-7-8-10-15-27(14-6-3)32(28-16-11-9-12-17-28)34-29-22-23-30(31(33)24-29)26-20-18-25(13-5-2)19-21-26/h18-24,27-28,32H,4-17H2,1-3H3. The van der Waals surface area contributed by atoms with Gasteiger partial charge in [-0.2, -0.15) is 0 Å². The van der Waals surface area contributed by atoms with E-state index in [1.54, 1.807) is 6.07 Å². The molecule has 0 radical (unpaired) electrons. The summed E-state index contributed by atoms with van der Waals surface area (Å²) in [5.74, 6) is 1.69. The molecule has 0 spiro atoms. The van der Waals surface area contributed by atoms with E-state index in [9.17, 15) is 0 Å². The Labute approximate surface area is 208 Å². The van der Waals surface area contributed by atoms with E-state index >= 15 is 4.39 Å². The fourth-order valence-electron chi connectivity index (χ4n) is 5.82. The zero-order chi connectivity index (χ0) is 24.2. The molecule has 188 valence electrons. The second kappa shape index (κ2) is 14.5. The Morgan fingerprint density at radius 1 is 0.824 bits per heavy atom. The van der Waals surface area contributed by atoms with Crippen LogP contribution < -0.4 is 4.74 Å². The van der Waals surface area contributed by atoms with Gasteiger partial charge in [-0.1, -0.05) is 103 Å². The molecule has 1 aliphatic rings. The van der Waals surface area contributed by atoms with Crippen LogP contribution in [0, 0.1) is 17.7 Å². The molecule has 2 aromatic rings. The fraction of sp³-hybridized carbons (Fsp3) is 0.625. The van der Waals surface area contributed by atoms with Crippen LogP contribution in [-0.2, 0) is 6.42 Å². The highest BCUT2D eigenvalue weighted by Crippen LogP contribution is 2.37. The predicted molar refractivity (Wildman–Crippen MR) is 144 cm³/mol. The van der Waals surface area contributed by atoms with E-state index in [0.717, 1.165) is 18.4 Å². The van der Waals surface area contributed by atoms with E-state index < -0.39 is 0 Å². The van der Waals surface area contributed by atoms with E-state index in [2.05, 4.69) is 32.9 Å². The molecule has 0 N–H and O–H groups in total. The minimum absolute atomic E-state index is 0.182. The summed E-state index contributed by atoms with van der Waals surface area (Å²) in [6.45, 7) is 6.75. The molecule has 0 amide bonds. The van der Waals surface area contributed by atoms with Crippen LogP contribution in [-0.4, -0.2) is 6.10 Å². The quantitative estimate of drug-likeness (QED) is 0.252. The van der Waals surface area contributed by atoms with E-state index in [0.29, 0.717) is 23.1 Å². The number of halogens is 1. The molecule has 0 aliphatic heterocycles. The number of hydrogen-bond donors (Lipinski definition) is 0. The minimum Gasteiger partial charge on any atom is -0.490 e. The molecular formula is C32H47FO. The van der Waals surface area contributed by atoms with Crippen molar-refractivity contribution < 1.29 is 9.13 Å². The SMILES string of the molecule is CCCCCCC(CCC)C(Oc1ccc(-c2ccc(CCC)cc2)c(F)c1)C1CCCCC1. The predicted octanol–water partition coefficient (Wildman–Crippen LogP) is 10.2. The number of benzene rings is 2. The average Bonchev–Trinajstić information content (AvgIpc) is 2.86. The topological polar surface area (TPSA) is 9.23 Å². The van der Waals surface area contributed by atoms with Crippen molar-refractivity contribution >= 4 is 0 Å². The smallest absolute Gasteiger partial charge is 0.134 e. The number of rotatable bonds is 14. The van der Waals surface area contributed by atoms with Crippen molar-refractivity contribution in [3.8, 4) is 16.9 Å². The average molecular weight is 467 g/mol. The lowest BCUT2D eigenvalue weighted by molar-refractivity contribution is 0.0458. The molecule has 1 fully saturated rings. The maximum Gasteiger partial charge on any atom is 0.134 e. The zero-order valence-corrected chi connectivity index (χ0v) is 22.0. The Hall–Kier alpha value is -1.83. The summed E-state index contributed by atoms with van der Waals surface area (Å²) in [4.78, 5) is 0. The first kappa shape index (κ1) is 26.8. The lowest BCUT2D eigenvalue weighted by Gasteiger charge is -2.36. The van der Waals surface area contributed by atoms with Gasteiger partial charge in [0.25, 0.3) is 0 Å². The van der Waals surface area contributed by atoms with Crippen LogP contribution in [0.2, 0.25) is 0 Å². The van der Waals surface area contributed by atoms with Gasteiger partial charge in [-0.25, -0.2) is 4.39 Å². The van der Waals surface area contributed by atoms with Gasteiger partial charge in [-0.15, -0.1) is 0 Å². The van der Waals surface area contributed by atoms with E-state index in [1.165, 1.54) is 82.6 Å². The molecule has 1 nitrogen and oxygen atoms in total. The maximum atomic E-state index is 15.2. The first-order valence-electron chi connectivity index (χ1n) is 14.2. The molecule has 34 heavy (non-hydrogen) atoms. The lowest BCUT2D eigenvalue weighted by atomic mass is 9.77. The van der Waals surface area contributed by atoms with Crippen LogP contribution in [0.5, 0.6) is 5.75 Å². The number of ether oxygens (including phenoxy) is 1. The van der Waals surface area contributed by atoms with Crippen molar-refractivity contribution in [2.24, 2.45) is 11.8 Å². The van der Waals surface area contributed by atoms with Gasteiger partial charge in [0.1, 0.15) is 17.7 Å². The van der Waals surface area contributed by atoms with Gasteiger partial charge in [0.2, 0.25) is 0 Å². The molecular weight excluding hydrogens is 419 g/mol. The van der Waals surface area contributed by atoms with Gasteiger partial charge < -0.3 is 4.74 Å². The fourth-order valence-corrected chi connectivity index (χ4v) is 5.82. The Morgan fingerprint density at radius 3 is 2.24 bits per heavy atom. The molecule has 0 heterocycles. The number of hydrogen-bond acceptors (Lipinski definition) is 1. The highest BCUT2D eigenvalue weighted by Gasteiger charge is 2.32. The summed E-state index contributed by atoms with van der Waals surface area (Å²) in [5, 5.41) is 0. The third-order valence-corrected chi connectivity index (χ3v) is 7.68. The zero-order valence-electron chi connectivity index (χ0n) is 22.0. The van der Waals surface area contributed by atoms with Crippen molar-refractivity contribution in [2.45, 2.75) is 117 Å². The van der Waals surface area contributed by atoms with Crippen molar-refractivity contribution in [1.29, 1.82) is 0 Å². The van der Waals surface area contributed by atoms with Gasteiger partial charge in [0.05, 0.1) is 0 Å². The molecule has 0 aromatic heterocycles. The lowest BCUT2D eigenvalue weighted by Crippen LogP contribution is -2.36. The Morgan fingerprint density at radius 2 is 1.59 bits per heavy atom. The normalized spacial score (nSPS) is 16.4. The first-order chi connectivity index (χ1) is 16.7. The monoisotopic (exact) mass is 466 g/mol. The Bertz CT molecular complexity index is 821. The largest absolute Gasteiger partial charge is 0.490 e. The Balaban J connectivity index is 1.76. The molecule has 2 unspecified atom stereocenters. The van der Waals surface area contributed by atoms with Crippen LogP contribution in [0.25, 0.3) is 11.1 Å². The van der Waals surface area contributed by atoms with Crippen molar-refractivity contribution in [1.82, 2.24) is 0 Å². The molecule has 2 atom stereocenters. The van der Waals surface area contributed by atoms with Gasteiger partial charge >= 0.3 is 0 Å². The van der Waals surface area contributed by atoms with Gasteiger partial charge in [0, 0.05) is 11.6 Å². The Kier molecular flexibility index (Phi) is 11.4. The summed E-state index contributed by atoms with van der Waals surface area (Å²) in [6, 6.07) is 13.9. The van der Waals surface area contributed by atoms with Crippen LogP contribution in [0.4, 0.5) is 4.39 Å². The molecule has 3 rings (SSSR count). The van der Waals surface area contributed by atoms with Crippen molar-refractivity contribution in [2.75, 3.05) is 0 Å². The van der Waals surface area contributed by atoms with Gasteiger partial charge in [-0.05, 0) is 67.2 Å². The van der Waals surface area contributed by atoms with Crippen LogP contribution in [0.3, 0.4) is 0 Å². The molecule has 1 saturated carbocycles. The third kappa shape index (κ3) is 7.85. The minimum atomic E-state index is -0.182. The van der Waals surface area contributed by atoms with Gasteiger partial charge in [0.15, 0.2) is 0 Å². The van der Waals surface area contributed by atoms with Crippen LogP contribution >= 0.6 is 0 Å². The molecule has 2 aromatic carbocycles.